The summed E-state index contributed by atoms with van der Waals surface area (Å²) in [5, 5.41) is 8.91. The molecule has 0 aliphatic rings. The van der Waals surface area contributed by atoms with E-state index in [0.717, 1.165) is 16.7 Å². The maximum atomic E-state index is 10.9. The van der Waals surface area contributed by atoms with Crippen LogP contribution in [0.15, 0.2) is 49.0 Å². The summed E-state index contributed by atoms with van der Waals surface area (Å²) in [4.78, 5) is 10.9. The molecule has 0 saturated carbocycles. The van der Waals surface area contributed by atoms with E-state index in [-0.39, 0.29) is 5.56 Å². The van der Waals surface area contributed by atoms with Gasteiger partial charge in [-0.15, -0.1) is 0 Å². The minimum atomic E-state index is -0.931. The standard InChI is InChI=1S/C17H16O3/c1-3-13-4-6-14(7-5-13)11-20-16-9-8-15(17(18)19)10-12(16)2/h3-10H,1,11H2,2H3,(H,18,19). The van der Waals surface area contributed by atoms with Crippen LogP contribution in [0.2, 0.25) is 0 Å². The highest BCUT2D eigenvalue weighted by Crippen LogP contribution is 2.20. The van der Waals surface area contributed by atoms with Crippen LogP contribution >= 0.6 is 0 Å². The number of benzene rings is 2. The average Bonchev–Trinajstić information content (AvgIpc) is 2.46. The average molecular weight is 268 g/mol. The second kappa shape index (κ2) is 6.06. The number of hydrogen-bond acceptors (Lipinski definition) is 2. The number of hydrogen-bond donors (Lipinski definition) is 1. The molecule has 0 aliphatic heterocycles. The molecule has 0 radical (unpaired) electrons. The summed E-state index contributed by atoms with van der Waals surface area (Å²) in [6, 6.07) is 12.8. The van der Waals surface area contributed by atoms with Gasteiger partial charge in [0.05, 0.1) is 5.56 Å². The Morgan fingerprint density at radius 2 is 1.95 bits per heavy atom. The highest BCUT2D eigenvalue weighted by Gasteiger charge is 2.06. The van der Waals surface area contributed by atoms with Crippen LogP contribution < -0.4 is 4.74 Å². The Hall–Kier alpha value is -2.55. The highest BCUT2D eigenvalue weighted by atomic mass is 16.5. The van der Waals surface area contributed by atoms with E-state index in [9.17, 15) is 4.79 Å². The van der Waals surface area contributed by atoms with Gasteiger partial charge in [0.25, 0.3) is 0 Å². The quantitative estimate of drug-likeness (QED) is 0.894. The fourth-order valence-electron chi connectivity index (χ4n) is 1.86. The van der Waals surface area contributed by atoms with Crippen LogP contribution in [0.3, 0.4) is 0 Å². The molecule has 0 unspecified atom stereocenters. The molecular weight excluding hydrogens is 252 g/mol. The minimum absolute atomic E-state index is 0.269. The van der Waals surface area contributed by atoms with Crippen LogP contribution in [0.5, 0.6) is 5.75 Å². The van der Waals surface area contributed by atoms with Gasteiger partial charge in [-0.25, -0.2) is 4.79 Å². The van der Waals surface area contributed by atoms with Crippen LogP contribution in [-0.2, 0) is 6.61 Å². The third kappa shape index (κ3) is 3.26. The van der Waals surface area contributed by atoms with E-state index in [2.05, 4.69) is 6.58 Å². The van der Waals surface area contributed by atoms with E-state index in [0.29, 0.717) is 12.4 Å². The van der Waals surface area contributed by atoms with E-state index >= 15 is 0 Å². The third-order valence-electron chi connectivity index (χ3n) is 3.03. The normalized spacial score (nSPS) is 10.1. The van der Waals surface area contributed by atoms with Crippen molar-refractivity contribution in [1.29, 1.82) is 0 Å². The van der Waals surface area contributed by atoms with Gasteiger partial charge in [0.15, 0.2) is 0 Å². The monoisotopic (exact) mass is 268 g/mol. The van der Waals surface area contributed by atoms with Gasteiger partial charge >= 0.3 is 5.97 Å². The van der Waals surface area contributed by atoms with E-state index in [1.807, 2.05) is 31.2 Å². The molecule has 3 heteroatoms. The van der Waals surface area contributed by atoms with Crippen molar-refractivity contribution in [2.45, 2.75) is 13.5 Å². The summed E-state index contributed by atoms with van der Waals surface area (Å²) in [5.74, 6) is -0.234. The molecule has 20 heavy (non-hydrogen) atoms. The second-order valence-corrected chi connectivity index (χ2v) is 4.52. The molecule has 2 aromatic carbocycles. The second-order valence-electron chi connectivity index (χ2n) is 4.52. The zero-order chi connectivity index (χ0) is 14.5. The number of rotatable bonds is 5. The smallest absolute Gasteiger partial charge is 0.335 e. The Kier molecular flexibility index (Phi) is 4.20. The lowest BCUT2D eigenvalue weighted by Gasteiger charge is -2.10. The number of carbonyl (C=O) groups is 1. The lowest BCUT2D eigenvalue weighted by molar-refractivity contribution is 0.0696. The van der Waals surface area contributed by atoms with Crippen molar-refractivity contribution in [2.24, 2.45) is 0 Å². The summed E-state index contributed by atoms with van der Waals surface area (Å²) < 4.78 is 5.71. The first-order valence-corrected chi connectivity index (χ1v) is 6.28. The summed E-state index contributed by atoms with van der Waals surface area (Å²) in [6.45, 7) is 5.99. The molecule has 0 amide bonds. The molecule has 0 heterocycles. The van der Waals surface area contributed by atoms with E-state index in [1.54, 1.807) is 24.3 Å². The molecule has 0 fully saturated rings. The maximum absolute atomic E-state index is 10.9. The van der Waals surface area contributed by atoms with Gasteiger partial charge < -0.3 is 9.84 Å². The largest absolute Gasteiger partial charge is 0.489 e. The molecule has 2 aromatic rings. The SMILES string of the molecule is C=Cc1ccc(COc2ccc(C(=O)O)cc2C)cc1. The third-order valence-corrected chi connectivity index (χ3v) is 3.03. The first-order valence-electron chi connectivity index (χ1n) is 6.28. The number of aromatic carboxylic acids is 1. The van der Waals surface area contributed by atoms with Crippen molar-refractivity contribution in [1.82, 2.24) is 0 Å². The molecule has 3 nitrogen and oxygen atoms in total. The Morgan fingerprint density at radius 1 is 1.25 bits per heavy atom. The van der Waals surface area contributed by atoms with Crippen LogP contribution in [0, 0.1) is 6.92 Å². The topological polar surface area (TPSA) is 46.5 Å². The molecular formula is C17H16O3. The van der Waals surface area contributed by atoms with Gasteiger partial charge in [0, 0.05) is 0 Å². The Balaban J connectivity index is 2.06. The summed E-state index contributed by atoms with van der Waals surface area (Å²) >= 11 is 0. The van der Waals surface area contributed by atoms with E-state index in [1.165, 1.54) is 0 Å². The van der Waals surface area contributed by atoms with E-state index in [4.69, 9.17) is 9.84 Å². The molecule has 0 saturated heterocycles. The molecule has 0 aromatic heterocycles. The van der Waals surface area contributed by atoms with Gasteiger partial charge in [-0.05, 0) is 41.8 Å². The number of carboxylic acids is 1. The number of carboxylic acid groups (broad SMARTS) is 1. The van der Waals surface area contributed by atoms with E-state index < -0.39 is 5.97 Å². The van der Waals surface area contributed by atoms with Gasteiger partial charge in [-0.1, -0.05) is 36.9 Å². The fourth-order valence-corrected chi connectivity index (χ4v) is 1.86. The lowest BCUT2D eigenvalue weighted by Crippen LogP contribution is -2.00. The highest BCUT2D eigenvalue weighted by molar-refractivity contribution is 5.88. The first-order chi connectivity index (χ1) is 9.60. The molecule has 102 valence electrons. The predicted octanol–water partition coefficient (Wildman–Crippen LogP) is 3.92. The lowest BCUT2D eigenvalue weighted by atomic mass is 10.1. The van der Waals surface area contributed by atoms with Crippen molar-refractivity contribution in [3.63, 3.8) is 0 Å². The number of ether oxygens (including phenoxy) is 1. The predicted molar refractivity (Wildman–Crippen MR) is 79.0 cm³/mol. The molecule has 0 bridgehead atoms. The summed E-state index contributed by atoms with van der Waals surface area (Å²) in [5.41, 5.74) is 3.20. The fraction of sp³-hybridized carbons (Fsp3) is 0.118. The Labute approximate surface area is 118 Å². The van der Waals surface area contributed by atoms with Crippen LogP contribution in [0.4, 0.5) is 0 Å². The minimum Gasteiger partial charge on any atom is -0.489 e. The van der Waals surface area contributed by atoms with Crippen molar-refractivity contribution >= 4 is 12.0 Å². The molecule has 1 N–H and O–H groups in total. The van der Waals surface area contributed by atoms with Gasteiger partial charge in [0.1, 0.15) is 12.4 Å². The molecule has 2 rings (SSSR count). The van der Waals surface area contributed by atoms with Crippen molar-refractivity contribution in [3.05, 3.63) is 71.3 Å². The Bertz CT molecular complexity index is 627. The van der Waals surface area contributed by atoms with Crippen molar-refractivity contribution < 1.29 is 14.6 Å². The van der Waals surface area contributed by atoms with Gasteiger partial charge in [0.2, 0.25) is 0 Å². The van der Waals surface area contributed by atoms with Crippen LogP contribution in [0.25, 0.3) is 6.08 Å². The van der Waals surface area contributed by atoms with Crippen molar-refractivity contribution in [3.8, 4) is 5.75 Å². The maximum Gasteiger partial charge on any atom is 0.335 e. The van der Waals surface area contributed by atoms with Crippen LogP contribution in [0.1, 0.15) is 27.0 Å². The Morgan fingerprint density at radius 3 is 2.50 bits per heavy atom. The molecule has 0 spiro atoms. The summed E-state index contributed by atoms with van der Waals surface area (Å²) in [6.07, 6.45) is 1.79. The zero-order valence-electron chi connectivity index (χ0n) is 11.3. The number of aryl methyl sites for hydroxylation is 1. The van der Waals surface area contributed by atoms with Crippen molar-refractivity contribution in [2.75, 3.05) is 0 Å². The van der Waals surface area contributed by atoms with Gasteiger partial charge in [-0.2, -0.15) is 0 Å². The first kappa shape index (κ1) is 13.9. The molecule has 0 aliphatic carbocycles. The summed E-state index contributed by atoms with van der Waals surface area (Å²) in [7, 11) is 0. The van der Waals surface area contributed by atoms with Gasteiger partial charge in [-0.3, -0.25) is 0 Å². The zero-order valence-corrected chi connectivity index (χ0v) is 11.3. The van der Waals surface area contributed by atoms with Crippen LogP contribution in [-0.4, -0.2) is 11.1 Å². The molecule has 0 atom stereocenters.